The fraction of sp³-hybridized carbons (Fsp3) is 1.00. The fourth-order valence-corrected chi connectivity index (χ4v) is 1.76. The van der Waals surface area contributed by atoms with Crippen LogP contribution in [0.3, 0.4) is 0 Å². The molecule has 0 N–H and O–H groups in total. The Hall–Kier alpha value is -0.0151. The molecule has 0 spiro atoms. The molecule has 3 heteroatoms. The molecule has 1 fully saturated rings. The van der Waals surface area contributed by atoms with Crippen LogP contribution in [0.4, 0.5) is 0 Å². The summed E-state index contributed by atoms with van der Waals surface area (Å²) in [4.78, 5) is 2.46. The molecule has 0 aromatic rings. The van der Waals surface area contributed by atoms with Crippen LogP contribution < -0.4 is 0 Å². The van der Waals surface area contributed by atoms with Gasteiger partial charge in [0.1, 0.15) is 0 Å². The summed E-state index contributed by atoms with van der Waals surface area (Å²) < 4.78 is 5.07. The number of hydrogen-bond donors (Lipinski definition) is 0. The largest absolute Gasteiger partial charge is 0.444 e. The van der Waals surface area contributed by atoms with Crippen molar-refractivity contribution >= 4 is 8.05 Å². The number of rotatable bonds is 3. The Labute approximate surface area is 70.3 Å². The summed E-state index contributed by atoms with van der Waals surface area (Å²) >= 11 is 0. The normalized spacial score (nSPS) is 27.2. The minimum atomic E-state index is 0.781. The number of nitrogens with zero attached hydrogens (tertiary/aromatic N) is 1. The highest BCUT2D eigenvalue weighted by molar-refractivity contribution is 5.97. The van der Waals surface area contributed by atoms with Gasteiger partial charge in [-0.3, -0.25) is 0 Å². The Bertz CT molecular complexity index is 110. The first-order valence-electron chi connectivity index (χ1n) is 4.54. The summed E-state index contributed by atoms with van der Waals surface area (Å²) in [6, 6.07) is 0.781. The van der Waals surface area contributed by atoms with Gasteiger partial charge in [-0.15, -0.1) is 0 Å². The maximum absolute atomic E-state index is 5.07. The van der Waals surface area contributed by atoms with E-state index in [1.165, 1.54) is 32.2 Å². The molecule has 0 aliphatic carbocycles. The molecule has 0 amide bonds. The average molecular weight is 155 g/mol. The standard InChI is InChI=1S/C8H18BNO/c1-10-6-3-2-4-8(10)5-7-11-9/h8H,2-7,9H2,1H3. The highest BCUT2D eigenvalue weighted by Crippen LogP contribution is 2.17. The van der Waals surface area contributed by atoms with Crippen molar-refractivity contribution in [1.82, 2.24) is 4.90 Å². The van der Waals surface area contributed by atoms with Gasteiger partial charge in [-0.1, -0.05) is 6.42 Å². The second-order valence-corrected chi connectivity index (χ2v) is 3.41. The Morgan fingerprint density at radius 2 is 2.36 bits per heavy atom. The lowest BCUT2D eigenvalue weighted by atomic mass is 10.0. The molecule has 0 bridgehead atoms. The Morgan fingerprint density at radius 1 is 1.55 bits per heavy atom. The van der Waals surface area contributed by atoms with E-state index in [2.05, 4.69) is 11.9 Å². The smallest absolute Gasteiger partial charge is 0.257 e. The first-order valence-corrected chi connectivity index (χ1v) is 4.54. The van der Waals surface area contributed by atoms with Gasteiger partial charge < -0.3 is 9.55 Å². The van der Waals surface area contributed by atoms with Crippen LogP contribution in [0.1, 0.15) is 25.7 Å². The van der Waals surface area contributed by atoms with Gasteiger partial charge in [-0.2, -0.15) is 0 Å². The van der Waals surface area contributed by atoms with E-state index in [9.17, 15) is 0 Å². The van der Waals surface area contributed by atoms with Gasteiger partial charge in [0.25, 0.3) is 8.05 Å². The molecule has 64 valence electrons. The van der Waals surface area contributed by atoms with Crippen molar-refractivity contribution in [3.63, 3.8) is 0 Å². The summed E-state index contributed by atoms with van der Waals surface area (Å²) in [6.07, 6.45) is 5.34. The molecule has 1 saturated heterocycles. The number of likely N-dealkylation sites (tertiary alicyclic amines) is 1. The predicted molar refractivity (Wildman–Crippen MR) is 49.4 cm³/mol. The van der Waals surface area contributed by atoms with E-state index in [1.807, 2.05) is 0 Å². The molecule has 1 heterocycles. The molecular weight excluding hydrogens is 137 g/mol. The SMILES string of the molecule is BOCCC1CCCCN1C. The molecular formula is C8H18BNO. The van der Waals surface area contributed by atoms with E-state index in [1.54, 1.807) is 8.05 Å². The van der Waals surface area contributed by atoms with E-state index >= 15 is 0 Å². The molecule has 0 radical (unpaired) electrons. The predicted octanol–water partition coefficient (Wildman–Crippen LogP) is 0.425. The first kappa shape index (κ1) is 9.08. The van der Waals surface area contributed by atoms with Gasteiger partial charge in [0.15, 0.2) is 0 Å². The average Bonchev–Trinajstić information content (AvgIpc) is 2.03. The summed E-state index contributed by atoms with van der Waals surface area (Å²) in [5.41, 5.74) is 0. The van der Waals surface area contributed by atoms with Crippen LogP contribution in [0.2, 0.25) is 0 Å². The Morgan fingerprint density at radius 3 is 3.00 bits per heavy atom. The highest BCUT2D eigenvalue weighted by atomic mass is 16.4. The third-order valence-electron chi connectivity index (χ3n) is 2.58. The van der Waals surface area contributed by atoms with Gasteiger partial charge in [0.05, 0.1) is 0 Å². The zero-order chi connectivity index (χ0) is 8.10. The number of hydrogen-bond acceptors (Lipinski definition) is 2. The van der Waals surface area contributed by atoms with Crippen molar-refractivity contribution in [3.8, 4) is 0 Å². The molecule has 11 heavy (non-hydrogen) atoms. The first-order chi connectivity index (χ1) is 5.34. The van der Waals surface area contributed by atoms with Gasteiger partial charge in [0, 0.05) is 12.6 Å². The lowest BCUT2D eigenvalue weighted by molar-refractivity contribution is 0.156. The molecule has 1 unspecified atom stereocenters. The van der Waals surface area contributed by atoms with Crippen LogP contribution in [0.15, 0.2) is 0 Å². The molecule has 1 aliphatic heterocycles. The van der Waals surface area contributed by atoms with Crippen LogP contribution in [0.5, 0.6) is 0 Å². The van der Waals surface area contributed by atoms with Crippen LogP contribution in [0.25, 0.3) is 0 Å². The maximum atomic E-state index is 5.07. The molecule has 1 atom stereocenters. The van der Waals surface area contributed by atoms with E-state index in [0.29, 0.717) is 0 Å². The van der Waals surface area contributed by atoms with Crippen molar-refractivity contribution in [2.24, 2.45) is 0 Å². The lowest BCUT2D eigenvalue weighted by Gasteiger charge is -2.32. The zero-order valence-electron chi connectivity index (χ0n) is 7.68. The summed E-state index contributed by atoms with van der Waals surface area (Å²) in [5, 5.41) is 0. The number of piperidine rings is 1. The zero-order valence-corrected chi connectivity index (χ0v) is 7.68. The third-order valence-corrected chi connectivity index (χ3v) is 2.58. The minimum Gasteiger partial charge on any atom is -0.444 e. The monoisotopic (exact) mass is 155 g/mol. The van der Waals surface area contributed by atoms with Crippen molar-refractivity contribution in [3.05, 3.63) is 0 Å². The maximum Gasteiger partial charge on any atom is 0.257 e. The second-order valence-electron chi connectivity index (χ2n) is 3.41. The topological polar surface area (TPSA) is 12.5 Å². The third kappa shape index (κ3) is 2.84. The fourth-order valence-electron chi connectivity index (χ4n) is 1.76. The second kappa shape index (κ2) is 4.78. The summed E-state index contributed by atoms with van der Waals surface area (Å²) in [7, 11) is 4.00. The summed E-state index contributed by atoms with van der Waals surface area (Å²) in [6.45, 7) is 2.18. The van der Waals surface area contributed by atoms with Crippen molar-refractivity contribution in [2.45, 2.75) is 31.7 Å². The Kier molecular flexibility index (Phi) is 3.94. The molecule has 0 saturated carbocycles. The van der Waals surface area contributed by atoms with Crippen molar-refractivity contribution < 1.29 is 4.65 Å². The summed E-state index contributed by atoms with van der Waals surface area (Å²) in [5.74, 6) is 0. The van der Waals surface area contributed by atoms with Crippen LogP contribution in [0, 0.1) is 0 Å². The van der Waals surface area contributed by atoms with Crippen molar-refractivity contribution in [1.29, 1.82) is 0 Å². The van der Waals surface area contributed by atoms with E-state index < -0.39 is 0 Å². The molecule has 1 rings (SSSR count). The molecule has 0 aromatic heterocycles. The van der Waals surface area contributed by atoms with Crippen molar-refractivity contribution in [2.75, 3.05) is 20.2 Å². The van der Waals surface area contributed by atoms with E-state index in [4.69, 9.17) is 4.65 Å². The van der Waals surface area contributed by atoms with Gasteiger partial charge >= 0.3 is 0 Å². The van der Waals surface area contributed by atoms with E-state index in [0.717, 1.165) is 12.6 Å². The molecule has 2 nitrogen and oxygen atoms in total. The molecule has 1 aliphatic rings. The van der Waals surface area contributed by atoms with Gasteiger partial charge in [-0.25, -0.2) is 0 Å². The Balaban J connectivity index is 2.18. The molecule has 0 aromatic carbocycles. The highest BCUT2D eigenvalue weighted by Gasteiger charge is 2.17. The van der Waals surface area contributed by atoms with E-state index in [-0.39, 0.29) is 0 Å². The van der Waals surface area contributed by atoms with Gasteiger partial charge in [-0.05, 0) is 32.9 Å². The van der Waals surface area contributed by atoms with Crippen LogP contribution >= 0.6 is 0 Å². The lowest BCUT2D eigenvalue weighted by Crippen LogP contribution is -2.36. The quantitative estimate of drug-likeness (QED) is 0.548. The van der Waals surface area contributed by atoms with Gasteiger partial charge in [0.2, 0.25) is 0 Å². The minimum absolute atomic E-state index is 0.781. The van der Waals surface area contributed by atoms with Crippen LogP contribution in [-0.2, 0) is 4.65 Å². The van der Waals surface area contributed by atoms with Crippen LogP contribution in [-0.4, -0.2) is 39.2 Å².